The van der Waals surface area contributed by atoms with Crippen LogP contribution in [0.5, 0.6) is 0 Å². The van der Waals surface area contributed by atoms with Crippen molar-refractivity contribution in [3.63, 3.8) is 0 Å². The minimum absolute atomic E-state index is 0.0253. The van der Waals surface area contributed by atoms with Gasteiger partial charge >= 0.3 is 0 Å². The Labute approximate surface area is 228 Å². The van der Waals surface area contributed by atoms with E-state index in [1.165, 1.54) is 17.0 Å². The number of sulfonamides is 1. The topological polar surface area (TPSA) is 86.8 Å². The molecule has 0 heterocycles. The van der Waals surface area contributed by atoms with E-state index in [4.69, 9.17) is 11.6 Å². The van der Waals surface area contributed by atoms with Gasteiger partial charge in [0.05, 0.1) is 11.9 Å². The zero-order chi connectivity index (χ0) is 27.7. The third-order valence-corrected chi connectivity index (χ3v) is 7.23. The first-order valence-corrected chi connectivity index (χ1v) is 14.4. The van der Waals surface area contributed by atoms with Gasteiger partial charge < -0.3 is 10.2 Å². The normalized spacial score (nSPS) is 12.0. The second-order valence-corrected chi connectivity index (χ2v) is 11.2. The maximum Gasteiger partial charge on any atom is 0.244 e. The summed E-state index contributed by atoms with van der Waals surface area (Å²) in [7, 11) is -3.92. The largest absolute Gasteiger partial charge is 0.354 e. The third-order valence-electron chi connectivity index (χ3n) is 5.86. The van der Waals surface area contributed by atoms with E-state index in [-0.39, 0.29) is 24.6 Å². The molecule has 38 heavy (non-hydrogen) atoms. The van der Waals surface area contributed by atoms with Crippen molar-refractivity contribution in [1.29, 1.82) is 0 Å². The van der Waals surface area contributed by atoms with Crippen molar-refractivity contribution < 1.29 is 22.4 Å². The molecule has 1 atom stereocenters. The van der Waals surface area contributed by atoms with Crippen molar-refractivity contribution in [2.24, 2.45) is 0 Å². The lowest BCUT2D eigenvalue weighted by Gasteiger charge is -2.33. The molecule has 0 fully saturated rings. The summed E-state index contributed by atoms with van der Waals surface area (Å²) < 4.78 is 39.8. The van der Waals surface area contributed by atoms with Gasteiger partial charge in [0.15, 0.2) is 0 Å². The number of nitrogens with one attached hydrogen (secondary N) is 1. The highest BCUT2D eigenvalue weighted by Crippen LogP contribution is 2.21. The molecule has 3 aromatic rings. The van der Waals surface area contributed by atoms with Crippen molar-refractivity contribution in [3.05, 3.63) is 101 Å². The fraction of sp³-hybridized carbons (Fsp3) is 0.286. The fourth-order valence-corrected chi connectivity index (χ4v) is 5.04. The first-order valence-electron chi connectivity index (χ1n) is 12.2. The minimum atomic E-state index is -3.92. The molecular formula is C28H31ClFN3O4S. The van der Waals surface area contributed by atoms with Crippen LogP contribution >= 0.6 is 11.6 Å². The molecule has 0 aliphatic heterocycles. The SMILES string of the molecule is CCCNC(=O)C(Cc1ccccc1)N(Cc1cccc(Cl)c1)C(=O)CN(c1ccc(F)cc1)S(C)(=O)=O. The number of amides is 2. The maximum absolute atomic E-state index is 13.9. The van der Waals surface area contributed by atoms with Crippen LogP contribution in [0, 0.1) is 5.82 Å². The van der Waals surface area contributed by atoms with Crippen molar-refractivity contribution in [2.75, 3.05) is 23.7 Å². The first kappa shape index (κ1) is 29.1. The molecule has 3 rings (SSSR count). The van der Waals surface area contributed by atoms with Crippen LogP contribution < -0.4 is 9.62 Å². The standard InChI is InChI=1S/C28H31ClFN3O4S/c1-3-16-31-28(35)26(18-21-8-5-4-6-9-21)32(19-22-10-7-11-23(29)17-22)27(34)20-33(38(2,36)37)25-14-12-24(30)13-15-25/h4-15,17,26H,3,16,18-20H2,1-2H3,(H,31,35). The number of anilines is 1. The van der Waals surface area contributed by atoms with E-state index >= 15 is 0 Å². The summed E-state index contributed by atoms with van der Waals surface area (Å²) in [5.74, 6) is -1.47. The van der Waals surface area contributed by atoms with Gasteiger partial charge in [-0.2, -0.15) is 0 Å². The molecule has 0 saturated heterocycles. The lowest BCUT2D eigenvalue weighted by atomic mass is 10.0. The predicted molar refractivity (Wildman–Crippen MR) is 148 cm³/mol. The van der Waals surface area contributed by atoms with E-state index in [0.29, 0.717) is 23.6 Å². The van der Waals surface area contributed by atoms with Crippen LogP contribution in [0.4, 0.5) is 10.1 Å². The van der Waals surface area contributed by atoms with E-state index in [0.717, 1.165) is 28.3 Å². The summed E-state index contributed by atoms with van der Waals surface area (Å²) in [4.78, 5) is 28.6. The summed E-state index contributed by atoms with van der Waals surface area (Å²) in [6.07, 6.45) is 1.90. The second kappa shape index (κ2) is 13.4. The van der Waals surface area contributed by atoms with Gasteiger partial charge in [0.25, 0.3) is 0 Å². The smallest absolute Gasteiger partial charge is 0.244 e. The Morgan fingerprint density at radius 1 is 0.974 bits per heavy atom. The van der Waals surface area contributed by atoms with Crippen LogP contribution in [0.1, 0.15) is 24.5 Å². The van der Waals surface area contributed by atoms with Gasteiger partial charge in [-0.3, -0.25) is 13.9 Å². The van der Waals surface area contributed by atoms with Crippen molar-refractivity contribution >= 4 is 39.1 Å². The highest BCUT2D eigenvalue weighted by atomic mass is 35.5. The average Bonchev–Trinajstić information content (AvgIpc) is 2.88. The van der Waals surface area contributed by atoms with Crippen molar-refractivity contribution in [1.82, 2.24) is 10.2 Å². The lowest BCUT2D eigenvalue weighted by Crippen LogP contribution is -2.53. The molecule has 0 aliphatic rings. The average molecular weight is 560 g/mol. The molecule has 1 N–H and O–H groups in total. The van der Waals surface area contributed by atoms with E-state index in [9.17, 15) is 22.4 Å². The Kier molecular flexibility index (Phi) is 10.3. The van der Waals surface area contributed by atoms with Gasteiger partial charge in [0, 0.05) is 24.5 Å². The Bertz CT molecular complexity index is 1340. The summed E-state index contributed by atoms with van der Waals surface area (Å²) >= 11 is 6.18. The van der Waals surface area contributed by atoms with Crippen LogP contribution in [0.2, 0.25) is 5.02 Å². The van der Waals surface area contributed by atoms with E-state index < -0.39 is 34.3 Å². The molecule has 0 aliphatic carbocycles. The van der Waals surface area contributed by atoms with Crippen LogP contribution in [0.25, 0.3) is 0 Å². The molecule has 2 amide bonds. The lowest BCUT2D eigenvalue weighted by molar-refractivity contribution is -0.140. The molecule has 10 heteroatoms. The first-order chi connectivity index (χ1) is 18.1. The van der Waals surface area contributed by atoms with E-state index in [1.807, 2.05) is 37.3 Å². The van der Waals surface area contributed by atoms with Crippen LogP contribution in [0.3, 0.4) is 0 Å². The maximum atomic E-state index is 13.9. The summed E-state index contributed by atoms with van der Waals surface area (Å²) in [6.45, 7) is 1.80. The molecule has 0 radical (unpaired) electrons. The number of carbonyl (C=O) groups is 2. The number of nitrogens with zero attached hydrogens (tertiary/aromatic N) is 2. The van der Waals surface area contributed by atoms with Crippen molar-refractivity contribution in [2.45, 2.75) is 32.4 Å². The zero-order valence-electron chi connectivity index (χ0n) is 21.3. The summed E-state index contributed by atoms with van der Waals surface area (Å²) in [5, 5.41) is 3.34. The number of hydrogen-bond donors (Lipinski definition) is 1. The van der Waals surface area contributed by atoms with E-state index in [2.05, 4.69) is 5.32 Å². The van der Waals surface area contributed by atoms with Gasteiger partial charge in [-0.15, -0.1) is 0 Å². The molecule has 3 aromatic carbocycles. The number of hydrogen-bond acceptors (Lipinski definition) is 4. The molecule has 0 spiro atoms. The molecular weight excluding hydrogens is 529 g/mol. The molecule has 7 nitrogen and oxygen atoms in total. The highest BCUT2D eigenvalue weighted by molar-refractivity contribution is 7.92. The summed E-state index contributed by atoms with van der Waals surface area (Å²) in [5.41, 5.74) is 1.66. The second-order valence-electron chi connectivity index (χ2n) is 8.89. The Hall–Kier alpha value is -3.43. The Balaban J connectivity index is 2.03. The minimum Gasteiger partial charge on any atom is -0.354 e. The Morgan fingerprint density at radius 2 is 1.63 bits per heavy atom. The third kappa shape index (κ3) is 8.29. The van der Waals surface area contributed by atoms with Crippen LogP contribution in [-0.4, -0.2) is 50.5 Å². The quantitative estimate of drug-likeness (QED) is 0.356. The summed E-state index contributed by atoms with van der Waals surface area (Å²) in [6, 6.07) is 20.1. The van der Waals surface area contributed by atoms with Gasteiger partial charge in [-0.05, 0) is 53.9 Å². The number of carbonyl (C=O) groups excluding carboxylic acids is 2. The van der Waals surface area contributed by atoms with Gasteiger partial charge in [-0.25, -0.2) is 12.8 Å². The molecule has 1 unspecified atom stereocenters. The predicted octanol–water partition coefficient (Wildman–Crippen LogP) is 4.41. The zero-order valence-corrected chi connectivity index (χ0v) is 22.9. The molecule has 0 saturated carbocycles. The van der Waals surface area contributed by atoms with E-state index in [1.54, 1.807) is 24.3 Å². The fourth-order valence-electron chi connectivity index (χ4n) is 3.97. The monoisotopic (exact) mass is 559 g/mol. The Morgan fingerprint density at radius 3 is 2.24 bits per heavy atom. The van der Waals surface area contributed by atoms with Gasteiger partial charge in [0.2, 0.25) is 21.8 Å². The highest BCUT2D eigenvalue weighted by Gasteiger charge is 2.33. The number of rotatable bonds is 12. The number of benzene rings is 3. The van der Waals surface area contributed by atoms with Gasteiger partial charge in [-0.1, -0.05) is 61.0 Å². The molecule has 0 aromatic heterocycles. The number of halogens is 2. The van der Waals surface area contributed by atoms with Crippen molar-refractivity contribution in [3.8, 4) is 0 Å². The molecule has 0 bridgehead atoms. The molecule has 202 valence electrons. The van der Waals surface area contributed by atoms with Crippen LogP contribution in [-0.2, 0) is 32.6 Å². The van der Waals surface area contributed by atoms with Crippen LogP contribution in [0.15, 0.2) is 78.9 Å². The van der Waals surface area contributed by atoms with Gasteiger partial charge in [0.1, 0.15) is 18.4 Å².